The minimum Gasteiger partial charge on any atom is -0.494 e. The fraction of sp³-hybridized carbons (Fsp3) is 0.467. The van der Waals surface area contributed by atoms with Crippen LogP contribution in [0, 0.1) is 0 Å². The third-order valence-corrected chi connectivity index (χ3v) is 4.54. The number of nitrogens with one attached hydrogen (secondary N) is 1. The number of carbonyl (C=O) groups is 1. The van der Waals surface area contributed by atoms with Crippen LogP contribution >= 0.6 is 11.3 Å². The van der Waals surface area contributed by atoms with Crippen LogP contribution in [0.25, 0.3) is 10.2 Å². The molecule has 1 amide bonds. The number of fused-ring (bicyclic) bond motifs is 1. The number of anilines is 1. The number of aromatic nitrogens is 1. The summed E-state index contributed by atoms with van der Waals surface area (Å²) < 4.78 is 11.9. The van der Waals surface area contributed by atoms with Gasteiger partial charge in [-0.25, -0.2) is 4.98 Å². The van der Waals surface area contributed by atoms with Gasteiger partial charge in [0.2, 0.25) is 0 Å². The second-order valence-corrected chi connectivity index (χ2v) is 6.12. The number of thiazole rings is 1. The first-order chi connectivity index (χ1) is 10.3. The monoisotopic (exact) mass is 306 g/mol. The Morgan fingerprint density at radius 3 is 3.00 bits per heavy atom. The maximum Gasteiger partial charge on any atom is 0.252 e. The average molecular weight is 306 g/mol. The minimum atomic E-state index is -0.153. The van der Waals surface area contributed by atoms with Gasteiger partial charge in [-0.15, -0.1) is 0 Å². The predicted molar refractivity (Wildman–Crippen MR) is 83.0 cm³/mol. The summed E-state index contributed by atoms with van der Waals surface area (Å²) in [5, 5.41) is 3.37. The molecule has 1 heterocycles. The maximum atomic E-state index is 11.9. The van der Waals surface area contributed by atoms with Crippen molar-refractivity contribution in [3.8, 4) is 5.75 Å². The van der Waals surface area contributed by atoms with Gasteiger partial charge in [0.15, 0.2) is 5.13 Å². The van der Waals surface area contributed by atoms with Gasteiger partial charge in [0, 0.05) is 0 Å². The third-order valence-electron chi connectivity index (χ3n) is 3.60. The van der Waals surface area contributed by atoms with E-state index in [0.29, 0.717) is 10.9 Å². The standard InChI is InChI=1S/C15H18N2O3S/c1-19-11-7-4-8-12-14(11)17-15(21-12)16-13(18)9-20-10-5-2-3-6-10/h4,7-8,10H,2-3,5-6,9H2,1H3,(H,16,17,18). The second kappa shape index (κ2) is 6.41. The first-order valence-corrected chi connectivity index (χ1v) is 7.93. The van der Waals surface area contributed by atoms with Crippen molar-refractivity contribution in [3.05, 3.63) is 18.2 Å². The minimum absolute atomic E-state index is 0.0950. The third kappa shape index (κ3) is 3.33. The van der Waals surface area contributed by atoms with Gasteiger partial charge in [-0.3, -0.25) is 10.1 Å². The Morgan fingerprint density at radius 2 is 2.24 bits per heavy atom. The van der Waals surface area contributed by atoms with E-state index >= 15 is 0 Å². The molecule has 21 heavy (non-hydrogen) atoms. The van der Waals surface area contributed by atoms with Crippen LogP contribution in [0.2, 0.25) is 0 Å². The number of methoxy groups -OCH3 is 1. The Labute approximate surface area is 127 Å². The number of ether oxygens (including phenoxy) is 2. The van der Waals surface area contributed by atoms with Crippen LogP contribution in [-0.2, 0) is 9.53 Å². The number of hydrogen-bond acceptors (Lipinski definition) is 5. The number of amides is 1. The second-order valence-electron chi connectivity index (χ2n) is 5.09. The van der Waals surface area contributed by atoms with Gasteiger partial charge in [-0.1, -0.05) is 30.2 Å². The molecule has 0 aliphatic heterocycles. The molecule has 0 bridgehead atoms. The zero-order chi connectivity index (χ0) is 14.7. The SMILES string of the molecule is COc1cccc2sc(NC(=O)COC3CCCC3)nc12. The van der Waals surface area contributed by atoms with E-state index in [1.54, 1.807) is 7.11 Å². The van der Waals surface area contributed by atoms with Crippen LogP contribution in [-0.4, -0.2) is 30.7 Å². The van der Waals surface area contributed by atoms with Crippen LogP contribution in [0.1, 0.15) is 25.7 Å². The van der Waals surface area contributed by atoms with Gasteiger partial charge in [0.25, 0.3) is 5.91 Å². The van der Waals surface area contributed by atoms with Gasteiger partial charge in [0.1, 0.15) is 17.9 Å². The fourth-order valence-corrected chi connectivity index (χ4v) is 3.44. The summed E-state index contributed by atoms with van der Waals surface area (Å²) in [5.41, 5.74) is 0.775. The lowest BCUT2D eigenvalue weighted by Gasteiger charge is -2.09. The van der Waals surface area contributed by atoms with Crippen LogP contribution in [0.5, 0.6) is 5.75 Å². The molecule has 1 saturated carbocycles. The molecule has 1 N–H and O–H groups in total. The number of hydrogen-bond donors (Lipinski definition) is 1. The zero-order valence-corrected chi connectivity index (χ0v) is 12.7. The van der Waals surface area contributed by atoms with Crippen LogP contribution < -0.4 is 10.1 Å². The lowest BCUT2D eigenvalue weighted by Crippen LogP contribution is -2.21. The first-order valence-electron chi connectivity index (χ1n) is 7.11. The highest BCUT2D eigenvalue weighted by Crippen LogP contribution is 2.32. The van der Waals surface area contributed by atoms with E-state index in [9.17, 15) is 4.79 Å². The maximum absolute atomic E-state index is 11.9. The first kappa shape index (κ1) is 14.3. The van der Waals surface area contributed by atoms with Gasteiger partial charge < -0.3 is 9.47 Å². The summed E-state index contributed by atoms with van der Waals surface area (Å²) >= 11 is 1.43. The van der Waals surface area contributed by atoms with Crippen LogP contribution in [0.3, 0.4) is 0 Å². The summed E-state index contributed by atoms with van der Waals surface area (Å²) in [6, 6.07) is 5.73. The summed E-state index contributed by atoms with van der Waals surface area (Å²) in [6.45, 7) is 0.0950. The normalized spacial score (nSPS) is 15.5. The molecule has 1 fully saturated rings. The van der Waals surface area contributed by atoms with Crippen molar-refractivity contribution >= 4 is 32.6 Å². The number of carbonyl (C=O) groups excluding carboxylic acids is 1. The Hall–Kier alpha value is -1.66. The Balaban J connectivity index is 1.62. The van der Waals surface area contributed by atoms with E-state index in [2.05, 4.69) is 10.3 Å². The van der Waals surface area contributed by atoms with Gasteiger partial charge >= 0.3 is 0 Å². The molecule has 0 saturated heterocycles. The van der Waals surface area contributed by atoms with Crippen LogP contribution in [0.15, 0.2) is 18.2 Å². The molecular weight excluding hydrogens is 288 g/mol. The molecule has 3 rings (SSSR count). The van der Waals surface area contributed by atoms with Crippen molar-refractivity contribution in [2.24, 2.45) is 0 Å². The topological polar surface area (TPSA) is 60.5 Å². The summed E-state index contributed by atoms with van der Waals surface area (Å²) in [7, 11) is 1.61. The summed E-state index contributed by atoms with van der Waals surface area (Å²) in [4.78, 5) is 16.3. The highest BCUT2D eigenvalue weighted by molar-refractivity contribution is 7.22. The van der Waals surface area contributed by atoms with Crippen molar-refractivity contribution in [1.29, 1.82) is 0 Å². The van der Waals surface area contributed by atoms with Crippen molar-refractivity contribution < 1.29 is 14.3 Å². The fourth-order valence-electron chi connectivity index (χ4n) is 2.55. The smallest absolute Gasteiger partial charge is 0.252 e. The summed E-state index contributed by atoms with van der Waals surface area (Å²) in [6.07, 6.45) is 4.76. The van der Waals surface area contributed by atoms with Gasteiger partial charge in [-0.2, -0.15) is 0 Å². The molecule has 1 aromatic heterocycles. The largest absolute Gasteiger partial charge is 0.494 e. The van der Waals surface area contributed by atoms with Crippen LogP contribution in [0.4, 0.5) is 5.13 Å². The van der Waals surface area contributed by atoms with Crippen molar-refractivity contribution in [1.82, 2.24) is 4.98 Å². The molecule has 0 unspecified atom stereocenters. The Kier molecular flexibility index (Phi) is 4.36. The number of rotatable bonds is 5. The molecule has 0 radical (unpaired) electrons. The van der Waals surface area contributed by atoms with E-state index < -0.39 is 0 Å². The van der Waals surface area contributed by atoms with Gasteiger partial charge in [-0.05, 0) is 25.0 Å². The van der Waals surface area contributed by atoms with Crippen molar-refractivity contribution in [3.63, 3.8) is 0 Å². The van der Waals surface area contributed by atoms with E-state index in [0.717, 1.165) is 23.1 Å². The number of para-hydroxylation sites is 1. The zero-order valence-electron chi connectivity index (χ0n) is 11.9. The molecule has 1 aliphatic carbocycles. The molecular formula is C15H18N2O3S. The highest BCUT2D eigenvalue weighted by Gasteiger charge is 2.17. The molecule has 1 aromatic carbocycles. The molecule has 6 heteroatoms. The van der Waals surface area contributed by atoms with E-state index in [1.807, 2.05) is 18.2 Å². The predicted octanol–water partition coefficient (Wildman–Crippen LogP) is 3.20. The number of benzene rings is 1. The van der Waals surface area contributed by atoms with E-state index in [-0.39, 0.29) is 18.6 Å². The quantitative estimate of drug-likeness (QED) is 0.921. The lowest BCUT2D eigenvalue weighted by molar-refractivity contribution is -0.122. The van der Waals surface area contributed by atoms with Gasteiger partial charge in [0.05, 0.1) is 17.9 Å². The lowest BCUT2D eigenvalue weighted by atomic mass is 10.3. The average Bonchev–Trinajstić information content (AvgIpc) is 3.13. The van der Waals surface area contributed by atoms with E-state index in [1.165, 1.54) is 24.2 Å². The molecule has 0 spiro atoms. The Bertz CT molecular complexity index is 635. The molecule has 5 nitrogen and oxygen atoms in total. The number of nitrogens with zero attached hydrogens (tertiary/aromatic N) is 1. The molecule has 112 valence electrons. The Morgan fingerprint density at radius 1 is 1.43 bits per heavy atom. The van der Waals surface area contributed by atoms with E-state index in [4.69, 9.17) is 9.47 Å². The highest BCUT2D eigenvalue weighted by atomic mass is 32.1. The van der Waals surface area contributed by atoms with Crippen molar-refractivity contribution in [2.75, 3.05) is 19.0 Å². The summed E-state index contributed by atoms with van der Waals surface area (Å²) in [5.74, 6) is 0.561. The van der Waals surface area contributed by atoms with Crippen molar-refractivity contribution in [2.45, 2.75) is 31.8 Å². The molecule has 0 atom stereocenters. The molecule has 1 aliphatic rings. The molecule has 2 aromatic rings.